The van der Waals surface area contributed by atoms with Crippen LogP contribution in [0.15, 0.2) is 28.7 Å². The Hall–Kier alpha value is -0.0100. The summed E-state index contributed by atoms with van der Waals surface area (Å²) in [5, 5.41) is 0.272. The van der Waals surface area contributed by atoms with Crippen molar-refractivity contribution in [2.75, 3.05) is 0 Å². The van der Waals surface area contributed by atoms with Crippen molar-refractivity contribution in [2.24, 2.45) is 0 Å². The van der Waals surface area contributed by atoms with Gasteiger partial charge in [0.15, 0.2) is 0 Å². The Morgan fingerprint density at radius 2 is 1.92 bits per heavy atom. The SMILES string of the molecule is CC(Cl)CCc1ccc(Br)cc1. The molecule has 0 spiro atoms. The molecule has 0 radical (unpaired) electrons. The topological polar surface area (TPSA) is 0 Å². The zero-order chi connectivity index (χ0) is 8.97. The molecule has 0 nitrogen and oxygen atoms in total. The monoisotopic (exact) mass is 246 g/mol. The summed E-state index contributed by atoms with van der Waals surface area (Å²) in [4.78, 5) is 0. The lowest BCUT2D eigenvalue weighted by Gasteiger charge is -2.02. The molecule has 12 heavy (non-hydrogen) atoms. The third-order valence-corrected chi connectivity index (χ3v) is 2.49. The quantitative estimate of drug-likeness (QED) is 0.708. The molecule has 1 atom stereocenters. The van der Waals surface area contributed by atoms with Gasteiger partial charge in [-0.2, -0.15) is 0 Å². The van der Waals surface area contributed by atoms with Crippen molar-refractivity contribution < 1.29 is 0 Å². The average molecular weight is 248 g/mol. The molecule has 0 saturated carbocycles. The van der Waals surface area contributed by atoms with Gasteiger partial charge >= 0.3 is 0 Å². The molecule has 66 valence electrons. The first kappa shape index (κ1) is 10.1. The standard InChI is InChI=1S/C10H12BrCl/c1-8(12)2-3-9-4-6-10(11)7-5-9/h4-8H,2-3H2,1H3. The Morgan fingerprint density at radius 1 is 1.33 bits per heavy atom. The van der Waals surface area contributed by atoms with Crippen molar-refractivity contribution in [3.8, 4) is 0 Å². The van der Waals surface area contributed by atoms with Crippen LogP contribution in [0.3, 0.4) is 0 Å². The summed E-state index contributed by atoms with van der Waals surface area (Å²) in [6, 6.07) is 8.38. The summed E-state index contributed by atoms with van der Waals surface area (Å²) >= 11 is 9.25. The zero-order valence-corrected chi connectivity index (χ0v) is 9.40. The van der Waals surface area contributed by atoms with E-state index in [0.717, 1.165) is 17.3 Å². The summed E-state index contributed by atoms with van der Waals surface area (Å²) in [5.74, 6) is 0. The van der Waals surface area contributed by atoms with Crippen molar-refractivity contribution >= 4 is 27.5 Å². The molecule has 0 fully saturated rings. The van der Waals surface area contributed by atoms with Crippen LogP contribution in [0, 0.1) is 0 Å². The van der Waals surface area contributed by atoms with Crippen LogP contribution >= 0.6 is 27.5 Å². The van der Waals surface area contributed by atoms with Crippen molar-refractivity contribution in [3.05, 3.63) is 34.3 Å². The Labute approximate surface area is 87.1 Å². The number of benzene rings is 1. The second-order valence-corrected chi connectivity index (χ2v) is 4.61. The largest absolute Gasteiger partial charge is 0.123 e. The van der Waals surface area contributed by atoms with E-state index >= 15 is 0 Å². The zero-order valence-electron chi connectivity index (χ0n) is 7.06. The lowest BCUT2D eigenvalue weighted by Crippen LogP contribution is -1.93. The van der Waals surface area contributed by atoms with E-state index in [2.05, 4.69) is 40.2 Å². The van der Waals surface area contributed by atoms with Gasteiger partial charge in [0, 0.05) is 9.85 Å². The van der Waals surface area contributed by atoms with Gasteiger partial charge in [-0.1, -0.05) is 28.1 Å². The van der Waals surface area contributed by atoms with Gasteiger partial charge in [-0.25, -0.2) is 0 Å². The summed E-state index contributed by atoms with van der Waals surface area (Å²) in [5.41, 5.74) is 1.35. The fourth-order valence-corrected chi connectivity index (χ4v) is 1.39. The highest BCUT2D eigenvalue weighted by atomic mass is 79.9. The number of halogens is 2. The molecule has 2 heteroatoms. The van der Waals surface area contributed by atoms with Crippen LogP contribution in [0.2, 0.25) is 0 Å². The summed E-state index contributed by atoms with van der Waals surface area (Å²) < 4.78 is 1.13. The van der Waals surface area contributed by atoms with Crippen molar-refractivity contribution in [1.29, 1.82) is 0 Å². The Kier molecular flexibility index (Phi) is 4.10. The molecule has 1 unspecified atom stereocenters. The highest BCUT2D eigenvalue weighted by molar-refractivity contribution is 9.10. The molecule has 1 aromatic rings. The maximum Gasteiger partial charge on any atom is 0.0311 e. The summed E-state index contributed by atoms with van der Waals surface area (Å²) in [6.07, 6.45) is 2.11. The number of hydrogen-bond acceptors (Lipinski definition) is 0. The number of alkyl halides is 1. The Morgan fingerprint density at radius 3 is 2.42 bits per heavy atom. The van der Waals surface area contributed by atoms with E-state index in [1.807, 2.05) is 6.92 Å². The van der Waals surface area contributed by atoms with Crippen molar-refractivity contribution in [1.82, 2.24) is 0 Å². The smallest absolute Gasteiger partial charge is 0.0311 e. The predicted octanol–water partition coefficient (Wildman–Crippen LogP) is 4.01. The van der Waals surface area contributed by atoms with E-state index in [4.69, 9.17) is 11.6 Å². The van der Waals surface area contributed by atoms with Crippen LogP contribution in [0.25, 0.3) is 0 Å². The molecule has 0 aliphatic carbocycles. The van der Waals surface area contributed by atoms with E-state index in [-0.39, 0.29) is 5.38 Å². The van der Waals surface area contributed by atoms with Gasteiger partial charge < -0.3 is 0 Å². The van der Waals surface area contributed by atoms with Gasteiger partial charge in [0.1, 0.15) is 0 Å². The molecule has 1 rings (SSSR count). The van der Waals surface area contributed by atoms with Crippen LogP contribution in [0.4, 0.5) is 0 Å². The molecule has 0 heterocycles. The van der Waals surface area contributed by atoms with Crippen LogP contribution in [0.5, 0.6) is 0 Å². The van der Waals surface area contributed by atoms with Crippen LogP contribution < -0.4 is 0 Å². The molecule has 0 aliphatic heterocycles. The molecule has 1 aromatic carbocycles. The first-order valence-corrected chi connectivity index (χ1v) is 5.30. The number of rotatable bonds is 3. The second kappa shape index (κ2) is 4.88. The molecule has 0 saturated heterocycles. The fourth-order valence-electron chi connectivity index (χ4n) is 1.02. The van der Waals surface area contributed by atoms with Crippen molar-refractivity contribution in [2.45, 2.75) is 25.1 Å². The molecule has 0 amide bonds. The highest BCUT2D eigenvalue weighted by Crippen LogP contribution is 2.13. The summed E-state index contributed by atoms with van der Waals surface area (Å²) in [6.45, 7) is 2.03. The molecular formula is C10H12BrCl. The maximum absolute atomic E-state index is 5.85. The average Bonchev–Trinajstić information content (AvgIpc) is 2.03. The van der Waals surface area contributed by atoms with Gasteiger partial charge in [-0.05, 0) is 37.5 Å². The lowest BCUT2D eigenvalue weighted by atomic mass is 10.1. The minimum Gasteiger partial charge on any atom is -0.123 e. The molecule has 0 aromatic heterocycles. The van der Waals surface area contributed by atoms with Gasteiger partial charge in [0.05, 0.1) is 0 Å². The minimum atomic E-state index is 0.272. The maximum atomic E-state index is 5.85. The number of hydrogen-bond donors (Lipinski definition) is 0. The van der Waals surface area contributed by atoms with Gasteiger partial charge in [-0.3, -0.25) is 0 Å². The third-order valence-electron chi connectivity index (χ3n) is 1.74. The van der Waals surface area contributed by atoms with Gasteiger partial charge in [0.25, 0.3) is 0 Å². The molecular weight excluding hydrogens is 235 g/mol. The van der Waals surface area contributed by atoms with E-state index in [9.17, 15) is 0 Å². The van der Waals surface area contributed by atoms with Crippen LogP contribution in [-0.4, -0.2) is 5.38 Å². The highest BCUT2D eigenvalue weighted by Gasteiger charge is 1.97. The first-order valence-electron chi connectivity index (χ1n) is 4.07. The van der Waals surface area contributed by atoms with Crippen LogP contribution in [-0.2, 0) is 6.42 Å². The summed E-state index contributed by atoms with van der Waals surface area (Å²) in [7, 11) is 0. The second-order valence-electron chi connectivity index (χ2n) is 2.95. The van der Waals surface area contributed by atoms with Crippen LogP contribution in [0.1, 0.15) is 18.9 Å². The van der Waals surface area contributed by atoms with E-state index in [0.29, 0.717) is 0 Å². The van der Waals surface area contributed by atoms with E-state index in [1.54, 1.807) is 0 Å². The Balaban J connectivity index is 2.48. The Bertz CT molecular complexity index is 228. The fraction of sp³-hybridized carbons (Fsp3) is 0.400. The van der Waals surface area contributed by atoms with Gasteiger partial charge in [-0.15, -0.1) is 11.6 Å². The van der Waals surface area contributed by atoms with E-state index in [1.165, 1.54) is 5.56 Å². The minimum absolute atomic E-state index is 0.272. The number of aryl methyl sites for hydroxylation is 1. The molecule has 0 bridgehead atoms. The van der Waals surface area contributed by atoms with E-state index < -0.39 is 0 Å². The normalized spacial score (nSPS) is 12.9. The van der Waals surface area contributed by atoms with Crippen molar-refractivity contribution in [3.63, 3.8) is 0 Å². The molecule has 0 N–H and O–H groups in total. The third kappa shape index (κ3) is 3.59. The molecule has 0 aliphatic rings. The first-order chi connectivity index (χ1) is 5.68. The van der Waals surface area contributed by atoms with Gasteiger partial charge in [0.2, 0.25) is 0 Å². The predicted molar refractivity (Wildman–Crippen MR) is 57.8 cm³/mol. The lowest BCUT2D eigenvalue weighted by molar-refractivity contribution is 0.803.